The maximum Gasteiger partial charge on any atom is 0.304 e. The minimum absolute atomic E-state index is 0.110. The number of aromatic nitrogens is 1. The topological polar surface area (TPSA) is 50.2 Å². The Morgan fingerprint density at radius 2 is 1.86 bits per heavy atom. The molecule has 0 aliphatic heterocycles. The molecule has 2 aromatic rings. The first-order valence-corrected chi connectivity index (χ1v) is 8.71. The molecule has 3 nitrogen and oxygen atoms in total. The van der Waals surface area contributed by atoms with E-state index in [1.807, 2.05) is 56.3 Å². The van der Waals surface area contributed by atoms with Crippen LogP contribution in [0, 0.1) is 0 Å². The van der Waals surface area contributed by atoms with Crippen LogP contribution in [0.2, 0.25) is 0 Å². The summed E-state index contributed by atoms with van der Waals surface area (Å²) in [4.78, 5) is 16.4. The molecule has 1 aromatic heterocycles. The predicted molar refractivity (Wildman–Crippen MR) is 87.7 cm³/mol. The summed E-state index contributed by atoms with van der Waals surface area (Å²) in [5.74, 6) is -0.780. The Kier molecular flexibility index (Phi) is 5.31. The molecule has 0 radical (unpaired) electrons. The second-order valence-electron chi connectivity index (χ2n) is 5.29. The zero-order valence-corrected chi connectivity index (χ0v) is 13.6. The highest BCUT2D eigenvalue weighted by atomic mass is 33.1. The van der Waals surface area contributed by atoms with Gasteiger partial charge in [0.05, 0.1) is 6.42 Å². The lowest BCUT2D eigenvalue weighted by atomic mass is 9.81. The first kappa shape index (κ1) is 15.9. The van der Waals surface area contributed by atoms with Crippen molar-refractivity contribution >= 4 is 27.6 Å². The van der Waals surface area contributed by atoms with Gasteiger partial charge in [-0.2, -0.15) is 0 Å². The molecule has 1 heterocycles. The van der Waals surface area contributed by atoms with Gasteiger partial charge < -0.3 is 5.11 Å². The molecule has 0 spiro atoms. The van der Waals surface area contributed by atoms with E-state index in [4.69, 9.17) is 5.11 Å². The molecule has 5 heteroatoms. The number of carboxylic acids is 1. The molecule has 0 unspecified atom stereocenters. The molecule has 1 N–H and O–H groups in total. The van der Waals surface area contributed by atoms with E-state index < -0.39 is 11.4 Å². The van der Waals surface area contributed by atoms with Crippen molar-refractivity contribution in [2.45, 2.75) is 35.6 Å². The number of benzene rings is 1. The average molecular weight is 319 g/mol. The van der Waals surface area contributed by atoms with Crippen molar-refractivity contribution in [2.75, 3.05) is 0 Å². The Hall–Kier alpha value is -1.46. The molecule has 2 rings (SSSR count). The highest BCUT2D eigenvalue weighted by Crippen LogP contribution is 2.42. The summed E-state index contributed by atoms with van der Waals surface area (Å²) in [6, 6.07) is 13.8. The van der Waals surface area contributed by atoms with Crippen molar-refractivity contribution in [3.05, 3.63) is 54.2 Å². The quantitative estimate of drug-likeness (QED) is 0.786. The van der Waals surface area contributed by atoms with Gasteiger partial charge in [0, 0.05) is 16.5 Å². The molecule has 0 bridgehead atoms. The van der Waals surface area contributed by atoms with E-state index in [0.717, 1.165) is 15.5 Å². The summed E-state index contributed by atoms with van der Waals surface area (Å²) >= 11 is 0. The van der Waals surface area contributed by atoms with E-state index in [9.17, 15) is 4.79 Å². The molecule has 0 saturated heterocycles. The van der Waals surface area contributed by atoms with Gasteiger partial charge in [-0.1, -0.05) is 48.9 Å². The smallest absolute Gasteiger partial charge is 0.304 e. The maximum absolute atomic E-state index is 11.1. The van der Waals surface area contributed by atoms with E-state index in [1.54, 1.807) is 27.8 Å². The minimum Gasteiger partial charge on any atom is -0.481 e. The van der Waals surface area contributed by atoms with Crippen LogP contribution in [0.5, 0.6) is 0 Å². The monoisotopic (exact) mass is 319 g/mol. The molecule has 0 amide bonds. The standard InChI is InChI=1S/C16H17NO2S2/c1-16(2,11-15(18)19)12-7-3-4-8-13(12)20-21-14-9-5-6-10-17-14/h3-10H,11H2,1-2H3,(H,18,19). The SMILES string of the molecule is CC(C)(CC(=O)O)c1ccccc1SSc1ccccn1. The molecule has 110 valence electrons. The van der Waals surface area contributed by atoms with E-state index >= 15 is 0 Å². The van der Waals surface area contributed by atoms with Crippen LogP contribution in [0.1, 0.15) is 25.8 Å². The van der Waals surface area contributed by atoms with Crippen molar-refractivity contribution in [3.63, 3.8) is 0 Å². The van der Waals surface area contributed by atoms with E-state index in [2.05, 4.69) is 4.98 Å². The van der Waals surface area contributed by atoms with Crippen LogP contribution in [0.25, 0.3) is 0 Å². The Morgan fingerprint density at radius 3 is 2.52 bits per heavy atom. The molecule has 1 aromatic carbocycles. The first-order chi connectivity index (χ1) is 9.99. The summed E-state index contributed by atoms with van der Waals surface area (Å²) < 4.78 is 0. The zero-order chi connectivity index (χ0) is 15.3. The van der Waals surface area contributed by atoms with Gasteiger partial charge in [-0.25, -0.2) is 4.98 Å². The van der Waals surface area contributed by atoms with Gasteiger partial charge in [0.15, 0.2) is 0 Å². The largest absolute Gasteiger partial charge is 0.481 e. The van der Waals surface area contributed by atoms with Crippen LogP contribution in [-0.2, 0) is 10.2 Å². The number of hydrogen-bond acceptors (Lipinski definition) is 4. The van der Waals surface area contributed by atoms with Gasteiger partial charge in [0.1, 0.15) is 5.03 Å². The number of aliphatic carboxylic acids is 1. The number of nitrogens with zero attached hydrogens (tertiary/aromatic N) is 1. The van der Waals surface area contributed by atoms with E-state index in [-0.39, 0.29) is 6.42 Å². The zero-order valence-electron chi connectivity index (χ0n) is 11.9. The van der Waals surface area contributed by atoms with Gasteiger partial charge in [-0.3, -0.25) is 4.79 Å². The molecule has 0 saturated carbocycles. The molecular formula is C16H17NO2S2. The fourth-order valence-electron chi connectivity index (χ4n) is 2.06. The van der Waals surface area contributed by atoms with Crippen LogP contribution in [0.4, 0.5) is 0 Å². The van der Waals surface area contributed by atoms with Crippen LogP contribution < -0.4 is 0 Å². The maximum atomic E-state index is 11.1. The van der Waals surface area contributed by atoms with Gasteiger partial charge in [-0.15, -0.1) is 0 Å². The van der Waals surface area contributed by atoms with Gasteiger partial charge in [0.25, 0.3) is 0 Å². The van der Waals surface area contributed by atoms with Gasteiger partial charge in [0.2, 0.25) is 0 Å². The third kappa shape index (κ3) is 4.51. The third-order valence-corrected chi connectivity index (χ3v) is 5.40. The number of pyridine rings is 1. The molecular weight excluding hydrogens is 302 g/mol. The van der Waals surface area contributed by atoms with Gasteiger partial charge >= 0.3 is 5.97 Å². The summed E-state index contributed by atoms with van der Waals surface area (Å²) in [6.45, 7) is 3.93. The first-order valence-electron chi connectivity index (χ1n) is 6.56. The van der Waals surface area contributed by atoms with Crippen molar-refractivity contribution in [3.8, 4) is 0 Å². The highest BCUT2D eigenvalue weighted by molar-refractivity contribution is 8.76. The van der Waals surface area contributed by atoms with Crippen molar-refractivity contribution in [1.29, 1.82) is 0 Å². The molecule has 0 atom stereocenters. The highest BCUT2D eigenvalue weighted by Gasteiger charge is 2.26. The van der Waals surface area contributed by atoms with Gasteiger partial charge in [-0.05, 0) is 34.6 Å². The van der Waals surface area contributed by atoms with Crippen LogP contribution >= 0.6 is 21.6 Å². The van der Waals surface area contributed by atoms with Crippen LogP contribution in [0.15, 0.2) is 58.6 Å². The summed E-state index contributed by atoms with van der Waals surface area (Å²) in [5, 5.41) is 10.0. The lowest BCUT2D eigenvalue weighted by molar-refractivity contribution is -0.138. The van der Waals surface area contributed by atoms with E-state index in [0.29, 0.717) is 0 Å². The second-order valence-corrected chi connectivity index (χ2v) is 7.48. The van der Waals surface area contributed by atoms with E-state index in [1.165, 1.54) is 0 Å². The molecule has 0 fully saturated rings. The normalized spacial score (nSPS) is 11.3. The Balaban J connectivity index is 2.19. The number of hydrogen-bond donors (Lipinski definition) is 1. The van der Waals surface area contributed by atoms with Crippen LogP contribution in [-0.4, -0.2) is 16.1 Å². The van der Waals surface area contributed by atoms with Crippen molar-refractivity contribution in [2.24, 2.45) is 0 Å². The number of carbonyl (C=O) groups is 1. The van der Waals surface area contributed by atoms with Crippen molar-refractivity contribution in [1.82, 2.24) is 4.98 Å². The number of rotatable bonds is 6. The Morgan fingerprint density at radius 1 is 1.14 bits per heavy atom. The number of carboxylic acid groups (broad SMARTS) is 1. The summed E-state index contributed by atoms with van der Waals surface area (Å²) in [5.41, 5.74) is 0.654. The summed E-state index contributed by atoms with van der Waals surface area (Å²) in [7, 11) is 3.20. The lowest BCUT2D eigenvalue weighted by Gasteiger charge is -2.25. The van der Waals surface area contributed by atoms with Crippen LogP contribution in [0.3, 0.4) is 0 Å². The third-order valence-electron chi connectivity index (χ3n) is 3.06. The molecule has 21 heavy (non-hydrogen) atoms. The molecule has 0 aliphatic rings. The fraction of sp³-hybridized carbons (Fsp3) is 0.250. The fourth-order valence-corrected chi connectivity index (χ4v) is 4.29. The Bertz CT molecular complexity index is 615. The lowest BCUT2D eigenvalue weighted by Crippen LogP contribution is -2.22. The van der Waals surface area contributed by atoms with Crippen molar-refractivity contribution < 1.29 is 9.90 Å². The minimum atomic E-state index is -0.780. The predicted octanol–water partition coefficient (Wildman–Crippen LogP) is 4.63. The average Bonchev–Trinajstić information content (AvgIpc) is 2.45. The second kappa shape index (κ2) is 7.00. The summed E-state index contributed by atoms with van der Waals surface area (Å²) in [6.07, 6.45) is 1.88. The molecule has 0 aliphatic carbocycles. The Labute approximate surface area is 132 Å².